The predicted octanol–water partition coefficient (Wildman–Crippen LogP) is 0.489. The normalized spacial score (nSPS) is 7.90. The van der Waals surface area contributed by atoms with Crippen molar-refractivity contribution in [2.75, 3.05) is 0 Å². The standard InChI is InChI=1S/C5H7N3.C2H6/c1-6-5-2-3-7-4-8-5;1-2/h2-4H,1,6H2;1-2H3. The molecule has 0 aliphatic rings. The number of rotatable bonds is 1. The maximum Gasteiger partial charge on any atom is 0.200 e. The third kappa shape index (κ3) is 3.14. The molecule has 0 spiro atoms. The van der Waals surface area contributed by atoms with Crippen LogP contribution in [0.3, 0.4) is 0 Å². The Morgan fingerprint density at radius 1 is 1.50 bits per heavy atom. The third-order valence-electron chi connectivity index (χ3n) is 0.814. The van der Waals surface area contributed by atoms with E-state index in [0.29, 0.717) is 0 Å². The smallest absolute Gasteiger partial charge is 0.200 e. The molecule has 1 rings (SSSR count). The molecule has 1 aromatic rings. The summed E-state index contributed by atoms with van der Waals surface area (Å²) in [5.41, 5.74) is 0. The average molecular weight is 139 g/mol. The van der Waals surface area contributed by atoms with E-state index in [1.807, 2.05) is 13.8 Å². The monoisotopic (exact) mass is 139 g/mol. The van der Waals surface area contributed by atoms with E-state index in [1.54, 1.807) is 17.6 Å². The van der Waals surface area contributed by atoms with Crippen LogP contribution in [-0.2, 0) is 0 Å². The third-order valence-corrected chi connectivity index (χ3v) is 0.814. The Kier molecular flexibility index (Phi) is 5.57. The summed E-state index contributed by atoms with van der Waals surface area (Å²) in [5, 5.41) is 1.68. The molecule has 0 saturated carbocycles. The van der Waals surface area contributed by atoms with Crippen molar-refractivity contribution in [3.8, 4) is 0 Å². The first kappa shape index (κ1) is 9.04. The van der Waals surface area contributed by atoms with Crippen molar-refractivity contribution in [2.45, 2.75) is 13.8 Å². The second-order valence-corrected chi connectivity index (χ2v) is 1.34. The highest BCUT2D eigenvalue weighted by Gasteiger charge is 1.82. The number of aromatic nitrogens is 2. The molecule has 0 atom stereocenters. The van der Waals surface area contributed by atoms with Gasteiger partial charge in [0.1, 0.15) is 6.33 Å². The molecule has 0 fully saturated rings. The lowest BCUT2D eigenvalue weighted by Crippen LogP contribution is -2.70. The van der Waals surface area contributed by atoms with Gasteiger partial charge in [-0.05, 0) is 0 Å². The predicted molar refractivity (Wildman–Crippen MR) is 40.3 cm³/mol. The van der Waals surface area contributed by atoms with Gasteiger partial charge in [-0.3, -0.25) is 0 Å². The lowest BCUT2D eigenvalue weighted by Gasteiger charge is -1.92. The SMILES string of the molecule is CC.[CH2-][NH2+]c1ccncn1. The molecule has 1 aromatic heterocycles. The molecule has 10 heavy (non-hydrogen) atoms. The van der Waals surface area contributed by atoms with Crippen LogP contribution in [0.15, 0.2) is 18.6 Å². The molecule has 2 N–H and O–H groups in total. The minimum Gasteiger partial charge on any atom is -0.429 e. The molecule has 0 aromatic carbocycles. The molecule has 0 saturated heterocycles. The summed E-state index contributed by atoms with van der Waals surface area (Å²) in [4.78, 5) is 7.60. The molecule has 0 aliphatic carbocycles. The molecule has 0 unspecified atom stereocenters. The van der Waals surface area contributed by atoms with Gasteiger partial charge < -0.3 is 5.32 Å². The van der Waals surface area contributed by atoms with Crippen molar-refractivity contribution < 1.29 is 5.32 Å². The fourth-order valence-corrected chi connectivity index (χ4v) is 0.422. The first-order valence-electron chi connectivity index (χ1n) is 3.32. The first-order chi connectivity index (χ1) is 4.93. The summed E-state index contributed by atoms with van der Waals surface area (Å²) >= 11 is 0. The van der Waals surface area contributed by atoms with E-state index in [4.69, 9.17) is 0 Å². The summed E-state index contributed by atoms with van der Waals surface area (Å²) in [5.74, 6) is 0.861. The largest absolute Gasteiger partial charge is 0.429 e. The zero-order chi connectivity index (χ0) is 7.82. The van der Waals surface area contributed by atoms with Gasteiger partial charge in [0.25, 0.3) is 0 Å². The van der Waals surface area contributed by atoms with Crippen LogP contribution in [-0.4, -0.2) is 9.97 Å². The van der Waals surface area contributed by atoms with Crippen LogP contribution in [0.4, 0.5) is 5.82 Å². The van der Waals surface area contributed by atoms with Gasteiger partial charge in [-0.25, -0.2) is 4.98 Å². The van der Waals surface area contributed by atoms with E-state index >= 15 is 0 Å². The number of hydrogen-bond acceptors (Lipinski definition) is 2. The van der Waals surface area contributed by atoms with E-state index in [-0.39, 0.29) is 0 Å². The van der Waals surface area contributed by atoms with Gasteiger partial charge in [-0.15, -0.1) is 7.05 Å². The summed E-state index contributed by atoms with van der Waals surface area (Å²) in [7, 11) is 3.54. The molecule has 0 aliphatic heterocycles. The molecule has 0 amide bonds. The average Bonchev–Trinajstić information content (AvgIpc) is 2.10. The molecule has 56 valence electrons. The zero-order valence-corrected chi connectivity index (χ0v) is 6.41. The Labute approximate surface area is 61.5 Å². The van der Waals surface area contributed by atoms with Gasteiger partial charge >= 0.3 is 0 Å². The van der Waals surface area contributed by atoms with Crippen LogP contribution >= 0.6 is 0 Å². The van der Waals surface area contributed by atoms with Crippen molar-refractivity contribution in [2.24, 2.45) is 0 Å². The van der Waals surface area contributed by atoms with Crippen molar-refractivity contribution >= 4 is 5.82 Å². The van der Waals surface area contributed by atoms with Gasteiger partial charge in [0.2, 0.25) is 5.82 Å². The number of nitrogens with zero attached hydrogens (tertiary/aromatic N) is 2. The minimum atomic E-state index is 0.861. The van der Waals surface area contributed by atoms with Crippen LogP contribution in [0.2, 0.25) is 0 Å². The van der Waals surface area contributed by atoms with E-state index in [2.05, 4.69) is 17.0 Å². The van der Waals surface area contributed by atoms with Crippen LogP contribution in [0.5, 0.6) is 0 Å². The number of nitrogens with two attached hydrogens (primary N) is 1. The highest BCUT2D eigenvalue weighted by atomic mass is 15.0. The van der Waals surface area contributed by atoms with Crippen molar-refractivity contribution in [1.82, 2.24) is 9.97 Å². The molecule has 1 heterocycles. The minimum absolute atomic E-state index is 0.861. The van der Waals surface area contributed by atoms with Gasteiger partial charge in [0, 0.05) is 12.3 Å². The first-order valence-corrected chi connectivity index (χ1v) is 3.32. The Bertz CT molecular complexity index is 150. The Morgan fingerprint density at radius 2 is 2.20 bits per heavy atom. The molecular weight excluding hydrogens is 126 g/mol. The van der Waals surface area contributed by atoms with E-state index in [1.165, 1.54) is 6.33 Å². The molecule has 0 bridgehead atoms. The maximum absolute atomic E-state index is 3.87. The quantitative estimate of drug-likeness (QED) is 0.575. The van der Waals surface area contributed by atoms with Gasteiger partial charge in [-0.2, -0.15) is 4.98 Å². The van der Waals surface area contributed by atoms with Crippen molar-refractivity contribution in [1.29, 1.82) is 0 Å². The van der Waals surface area contributed by atoms with Crippen LogP contribution in [0.25, 0.3) is 0 Å². The Hall–Kier alpha value is -0.960. The summed E-state index contributed by atoms with van der Waals surface area (Å²) in [6, 6.07) is 1.80. The molecule has 3 nitrogen and oxygen atoms in total. The zero-order valence-electron chi connectivity index (χ0n) is 6.41. The Balaban J connectivity index is 0.000000371. The van der Waals surface area contributed by atoms with Gasteiger partial charge in [0.05, 0.1) is 0 Å². The van der Waals surface area contributed by atoms with E-state index in [0.717, 1.165) is 5.82 Å². The molecular formula is C7H13N3. The number of quaternary nitrogens is 1. The molecule has 0 radical (unpaired) electrons. The van der Waals surface area contributed by atoms with E-state index < -0.39 is 0 Å². The highest BCUT2D eigenvalue weighted by Crippen LogP contribution is 1.84. The highest BCUT2D eigenvalue weighted by molar-refractivity contribution is 5.10. The summed E-state index contributed by atoms with van der Waals surface area (Å²) in [6.45, 7) is 4.00. The van der Waals surface area contributed by atoms with Crippen LogP contribution < -0.4 is 5.32 Å². The number of hydrogen-bond donors (Lipinski definition) is 1. The fourth-order valence-electron chi connectivity index (χ4n) is 0.422. The summed E-state index contributed by atoms with van der Waals surface area (Å²) in [6.07, 6.45) is 3.18. The van der Waals surface area contributed by atoms with Gasteiger partial charge in [-0.1, -0.05) is 13.8 Å². The Morgan fingerprint density at radius 3 is 2.50 bits per heavy atom. The lowest BCUT2D eigenvalue weighted by molar-refractivity contribution is -0.508. The second-order valence-electron chi connectivity index (χ2n) is 1.34. The topological polar surface area (TPSA) is 42.4 Å². The van der Waals surface area contributed by atoms with Gasteiger partial charge in [0.15, 0.2) is 0 Å². The second kappa shape index (κ2) is 6.16. The van der Waals surface area contributed by atoms with E-state index in [9.17, 15) is 0 Å². The fraction of sp³-hybridized carbons (Fsp3) is 0.286. The summed E-state index contributed by atoms with van der Waals surface area (Å²) < 4.78 is 0. The maximum atomic E-state index is 3.87. The van der Waals surface area contributed by atoms with Crippen LogP contribution in [0, 0.1) is 7.05 Å². The van der Waals surface area contributed by atoms with Crippen molar-refractivity contribution in [3.63, 3.8) is 0 Å². The molecule has 3 heteroatoms. The van der Waals surface area contributed by atoms with Crippen LogP contribution in [0.1, 0.15) is 13.8 Å². The lowest BCUT2D eigenvalue weighted by atomic mass is 10.6. The van der Waals surface area contributed by atoms with Crippen molar-refractivity contribution in [3.05, 3.63) is 25.6 Å².